The number of carbonyl (C=O) groups excluding carboxylic acids is 1. The van der Waals surface area contributed by atoms with Gasteiger partial charge in [-0.25, -0.2) is 0 Å². The first-order chi connectivity index (χ1) is 6.20. The Bertz CT molecular complexity index is 171. The van der Waals surface area contributed by atoms with Crippen LogP contribution in [-0.4, -0.2) is 12.5 Å². The Morgan fingerprint density at radius 1 is 1.46 bits per heavy atom. The third-order valence-corrected chi connectivity index (χ3v) is 1.24. The molecule has 0 heterocycles. The smallest absolute Gasteiger partial charge is 0.219 e. The van der Waals surface area contributed by atoms with Gasteiger partial charge in [0.2, 0.25) is 5.91 Å². The van der Waals surface area contributed by atoms with Crippen molar-refractivity contribution in [1.82, 2.24) is 5.32 Å². The summed E-state index contributed by atoms with van der Waals surface area (Å²) in [5, 5.41) is 2.73. The molecule has 0 aliphatic heterocycles. The van der Waals surface area contributed by atoms with Crippen molar-refractivity contribution in [2.24, 2.45) is 0 Å². The second-order valence-corrected chi connectivity index (χ2v) is 2.29. The zero-order valence-electron chi connectivity index (χ0n) is 9.18. The molecule has 0 saturated carbocycles. The highest BCUT2D eigenvalue weighted by atomic mass is 16.1. The van der Waals surface area contributed by atoms with Gasteiger partial charge >= 0.3 is 0 Å². The molecule has 0 bridgehead atoms. The molecule has 0 spiro atoms. The average Bonchev–Trinajstić information content (AvgIpc) is 2.18. The number of rotatable bonds is 4. The maximum atomic E-state index is 10.7. The zero-order valence-corrected chi connectivity index (χ0v) is 9.18. The minimum Gasteiger partial charge on any atom is -0.352 e. The van der Waals surface area contributed by atoms with E-state index in [0.29, 0.717) is 13.0 Å². The first-order valence-corrected chi connectivity index (χ1v) is 4.77. The molecular formula is C11H21NO. The second-order valence-electron chi connectivity index (χ2n) is 2.29. The van der Waals surface area contributed by atoms with Gasteiger partial charge < -0.3 is 5.32 Å². The molecule has 0 aromatic heterocycles. The summed E-state index contributed by atoms with van der Waals surface area (Å²) in [6.45, 7) is 12.1. The fourth-order valence-corrected chi connectivity index (χ4v) is 0.632. The highest BCUT2D eigenvalue weighted by Crippen LogP contribution is 1.89. The lowest BCUT2D eigenvalue weighted by atomic mass is 10.3. The van der Waals surface area contributed by atoms with Gasteiger partial charge in [-0.15, -0.1) is 0 Å². The van der Waals surface area contributed by atoms with Crippen molar-refractivity contribution < 1.29 is 4.79 Å². The van der Waals surface area contributed by atoms with Gasteiger partial charge in [0.1, 0.15) is 0 Å². The van der Waals surface area contributed by atoms with E-state index in [0.717, 1.165) is 5.57 Å². The fourth-order valence-electron chi connectivity index (χ4n) is 0.632. The van der Waals surface area contributed by atoms with Crippen LogP contribution in [0.15, 0.2) is 24.3 Å². The van der Waals surface area contributed by atoms with Crippen molar-refractivity contribution in [3.05, 3.63) is 24.3 Å². The topological polar surface area (TPSA) is 29.1 Å². The quantitative estimate of drug-likeness (QED) is 0.667. The molecular weight excluding hydrogens is 162 g/mol. The van der Waals surface area contributed by atoms with E-state index in [2.05, 4.69) is 11.9 Å². The van der Waals surface area contributed by atoms with E-state index in [-0.39, 0.29) is 5.91 Å². The predicted octanol–water partition coefficient (Wildman–Crippen LogP) is 2.67. The molecule has 0 radical (unpaired) electrons. The molecule has 1 N–H and O–H groups in total. The van der Waals surface area contributed by atoms with E-state index in [1.165, 1.54) is 0 Å². The molecule has 0 rings (SSSR count). The number of hydrogen-bond acceptors (Lipinski definition) is 1. The largest absolute Gasteiger partial charge is 0.352 e. The number of hydrogen-bond donors (Lipinski definition) is 1. The summed E-state index contributed by atoms with van der Waals surface area (Å²) in [6.07, 6.45) is 4.32. The Kier molecular flexibility index (Phi) is 12.2. The molecule has 1 amide bonds. The molecule has 0 aliphatic rings. The molecule has 2 nitrogen and oxygen atoms in total. The molecule has 0 aromatic rings. The van der Waals surface area contributed by atoms with Crippen LogP contribution in [-0.2, 0) is 4.79 Å². The predicted molar refractivity (Wildman–Crippen MR) is 58.6 cm³/mol. The standard InChI is InChI=1S/C9H15NO.C2H6/c1-4-6-8(3)7-10-9(11)5-2;1-2/h4,6H,3,5,7H2,1-2H3,(H,10,11);1-2H3/b6-4-;. The molecule has 0 aliphatic carbocycles. The van der Waals surface area contributed by atoms with Crippen LogP contribution in [0.2, 0.25) is 0 Å². The Hall–Kier alpha value is -1.05. The van der Waals surface area contributed by atoms with Crippen LogP contribution in [0.5, 0.6) is 0 Å². The van der Waals surface area contributed by atoms with Gasteiger partial charge in [-0.2, -0.15) is 0 Å². The van der Waals surface area contributed by atoms with Crippen LogP contribution in [0.4, 0.5) is 0 Å². The molecule has 0 aromatic carbocycles. The lowest BCUT2D eigenvalue weighted by molar-refractivity contribution is -0.120. The Labute approximate surface area is 81.7 Å². The van der Waals surface area contributed by atoms with Gasteiger partial charge in [-0.1, -0.05) is 39.5 Å². The zero-order chi connectivity index (χ0) is 10.7. The van der Waals surface area contributed by atoms with E-state index in [4.69, 9.17) is 0 Å². The van der Waals surface area contributed by atoms with Crippen molar-refractivity contribution in [2.45, 2.75) is 34.1 Å². The van der Waals surface area contributed by atoms with Crippen molar-refractivity contribution in [1.29, 1.82) is 0 Å². The van der Waals surface area contributed by atoms with Crippen LogP contribution in [0, 0.1) is 0 Å². The Balaban J connectivity index is 0. The lowest BCUT2D eigenvalue weighted by Crippen LogP contribution is -2.23. The summed E-state index contributed by atoms with van der Waals surface area (Å²) < 4.78 is 0. The first kappa shape index (κ1) is 14.5. The van der Waals surface area contributed by atoms with Crippen molar-refractivity contribution >= 4 is 5.91 Å². The molecule has 0 atom stereocenters. The summed E-state index contributed by atoms with van der Waals surface area (Å²) in [6, 6.07) is 0. The second kappa shape index (κ2) is 11.0. The van der Waals surface area contributed by atoms with Crippen molar-refractivity contribution in [3.8, 4) is 0 Å². The van der Waals surface area contributed by atoms with E-state index in [1.54, 1.807) is 0 Å². The summed E-state index contributed by atoms with van der Waals surface area (Å²) in [5.74, 6) is 0.0654. The minimum absolute atomic E-state index is 0.0654. The Morgan fingerprint density at radius 2 is 2.00 bits per heavy atom. The van der Waals surface area contributed by atoms with Crippen LogP contribution >= 0.6 is 0 Å². The summed E-state index contributed by atoms with van der Waals surface area (Å²) >= 11 is 0. The van der Waals surface area contributed by atoms with E-state index in [9.17, 15) is 4.79 Å². The summed E-state index contributed by atoms with van der Waals surface area (Å²) in [5.41, 5.74) is 0.925. The normalized spacial score (nSPS) is 8.92. The van der Waals surface area contributed by atoms with E-state index < -0.39 is 0 Å². The third kappa shape index (κ3) is 10.9. The van der Waals surface area contributed by atoms with Crippen molar-refractivity contribution in [3.63, 3.8) is 0 Å². The van der Waals surface area contributed by atoms with Gasteiger partial charge in [-0.3, -0.25) is 4.79 Å². The number of amides is 1. The minimum atomic E-state index is 0.0654. The third-order valence-electron chi connectivity index (χ3n) is 1.24. The highest BCUT2D eigenvalue weighted by Gasteiger charge is 1.94. The molecule has 2 heteroatoms. The maximum Gasteiger partial charge on any atom is 0.219 e. The molecule has 0 saturated heterocycles. The van der Waals surface area contributed by atoms with Crippen LogP contribution < -0.4 is 5.32 Å². The van der Waals surface area contributed by atoms with E-state index in [1.807, 2.05) is 39.8 Å². The monoisotopic (exact) mass is 183 g/mol. The molecule has 0 unspecified atom stereocenters. The first-order valence-electron chi connectivity index (χ1n) is 4.77. The van der Waals surface area contributed by atoms with Crippen LogP contribution in [0.25, 0.3) is 0 Å². The van der Waals surface area contributed by atoms with E-state index >= 15 is 0 Å². The van der Waals surface area contributed by atoms with Gasteiger partial charge in [0.25, 0.3) is 0 Å². The van der Waals surface area contributed by atoms with Gasteiger partial charge in [0.05, 0.1) is 0 Å². The van der Waals surface area contributed by atoms with Gasteiger partial charge in [-0.05, 0) is 12.5 Å². The number of nitrogens with one attached hydrogen (secondary N) is 1. The molecule has 0 fully saturated rings. The Morgan fingerprint density at radius 3 is 2.38 bits per heavy atom. The lowest BCUT2D eigenvalue weighted by Gasteiger charge is -2.01. The number of carbonyl (C=O) groups is 1. The fraction of sp³-hybridized carbons (Fsp3) is 0.545. The highest BCUT2D eigenvalue weighted by molar-refractivity contribution is 5.75. The number of allylic oxidation sites excluding steroid dienone is 1. The maximum absolute atomic E-state index is 10.7. The SMILES string of the molecule is C=C(/C=C\C)CNC(=O)CC.CC. The summed E-state index contributed by atoms with van der Waals surface area (Å²) in [4.78, 5) is 10.7. The van der Waals surface area contributed by atoms with Crippen molar-refractivity contribution in [2.75, 3.05) is 6.54 Å². The molecule has 13 heavy (non-hydrogen) atoms. The summed E-state index contributed by atoms with van der Waals surface area (Å²) in [7, 11) is 0. The van der Waals surface area contributed by atoms with Gasteiger partial charge in [0, 0.05) is 13.0 Å². The van der Waals surface area contributed by atoms with Gasteiger partial charge in [0.15, 0.2) is 0 Å². The average molecular weight is 183 g/mol. The van der Waals surface area contributed by atoms with Crippen LogP contribution in [0.1, 0.15) is 34.1 Å². The molecule has 76 valence electrons. The van der Waals surface area contributed by atoms with Crippen LogP contribution in [0.3, 0.4) is 0 Å².